The Labute approximate surface area is 99.5 Å². The van der Waals surface area contributed by atoms with Crippen molar-refractivity contribution >= 4 is 23.1 Å². The molecule has 0 atom stereocenters. The third-order valence-electron chi connectivity index (χ3n) is 2.30. The molecule has 2 rings (SSSR count). The van der Waals surface area contributed by atoms with Gasteiger partial charge in [-0.05, 0) is 31.0 Å². The average molecular weight is 234 g/mol. The van der Waals surface area contributed by atoms with Crippen molar-refractivity contribution in [1.82, 2.24) is 9.97 Å². The first-order valence-corrected chi connectivity index (χ1v) is 5.35. The molecule has 4 heteroatoms. The summed E-state index contributed by atoms with van der Waals surface area (Å²) in [5.41, 5.74) is 3.34. The molecular weight excluding hydrogens is 222 g/mol. The molecule has 0 fully saturated rings. The first-order valence-electron chi connectivity index (χ1n) is 4.97. The van der Waals surface area contributed by atoms with Crippen LogP contribution in [-0.4, -0.2) is 9.97 Å². The molecule has 0 aliphatic carbocycles. The second-order valence-corrected chi connectivity index (χ2v) is 4.00. The van der Waals surface area contributed by atoms with Crippen LogP contribution in [-0.2, 0) is 0 Å². The van der Waals surface area contributed by atoms with Crippen molar-refractivity contribution < 1.29 is 0 Å². The van der Waals surface area contributed by atoms with Gasteiger partial charge in [-0.1, -0.05) is 23.7 Å². The Morgan fingerprint density at radius 2 is 1.88 bits per heavy atom. The fraction of sp³-hybridized carbons (Fsp3) is 0.167. The van der Waals surface area contributed by atoms with Gasteiger partial charge in [0.25, 0.3) is 0 Å². The fourth-order valence-electron chi connectivity index (χ4n) is 1.40. The number of rotatable bonds is 2. The topological polar surface area (TPSA) is 37.8 Å². The van der Waals surface area contributed by atoms with Gasteiger partial charge in [-0.15, -0.1) is 0 Å². The summed E-state index contributed by atoms with van der Waals surface area (Å²) in [4.78, 5) is 8.11. The molecule has 0 amide bonds. The number of hydrogen-bond donors (Lipinski definition) is 1. The Balaban J connectivity index is 2.34. The second kappa shape index (κ2) is 4.49. The van der Waals surface area contributed by atoms with Crippen LogP contribution < -0.4 is 5.32 Å². The Morgan fingerprint density at radius 1 is 1.12 bits per heavy atom. The van der Waals surface area contributed by atoms with Gasteiger partial charge in [-0.25, -0.2) is 9.97 Å². The number of nitrogens with one attached hydrogen (secondary N) is 1. The van der Waals surface area contributed by atoms with Crippen molar-refractivity contribution in [1.29, 1.82) is 0 Å². The minimum absolute atomic E-state index is 0.378. The summed E-state index contributed by atoms with van der Waals surface area (Å²) in [6.07, 6.45) is 3.18. The zero-order valence-electron chi connectivity index (χ0n) is 9.16. The summed E-state index contributed by atoms with van der Waals surface area (Å²) in [6, 6.07) is 6.18. The summed E-state index contributed by atoms with van der Waals surface area (Å²) >= 11 is 5.93. The molecule has 1 N–H and O–H groups in total. The Hall–Kier alpha value is -1.61. The van der Waals surface area contributed by atoms with Gasteiger partial charge in [-0.2, -0.15) is 0 Å². The smallest absolute Gasteiger partial charge is 0.171 e. The average Bonchev–Trinajstić information content (AvgIpc) is 2.27. The first kappa shape index (κ1) is 10.9. The Morgan fingerprint density at radius 3 is 2.62 bits per heavy atom. The van der Waals surface area contributed by atoms with Crippen LogP contribution in [0.1, 0.15) is 11.1 Å². The SMILES string of the molecule is Cc1ccc(C)c(Nc2nccnc2Cl)c1. The summed E-state index contributed by atoms with van der Waals surface area (Å²) in [5, 5.41) is 3.55. The molecule has 0 aliphatic heterocycles. The maximum Gasteiger partial charge on any atom is 0.171 e. The zero-order chi connectivity index (χ0) is 11.5. The lowest BCUT2D eigenvalue weighted by molar-refractivity contribution is 1.19. The lowest BCUT2D eigenvalue weighted by Crippen LogP contribution is -1.97. The zero-order valence-corrected chi connectivity index (χ0v) is 9.92. The second-order valence-electron chi connectivity index (χ2n) is 3.64. The highest BCUT2D eigenvalue weighted by Crippen LogP contribution is 2.23. The van der Waals surface area contributed by atoms with Gasteiger partial charge < -0.3 is 5.32 Å². The number of halogens is 1. The van der Waals surface area contributed by atoms with Gasteiger partial charge in [0.05, 0.1) is 0 Å². The van der Waals surface area contributed by atoms with E-state index in [1.807, 2.05) is 13.8 Å². The van der Waals surface area contributed by atoms with E-state index < -0.39 is 0 Å². The lowest BCUT2D eigenvalue weighted by Gasteiger charge is -2.10. The van der Waals surface area contributed by atoms with E-state index in [1.54, 1.807) is 12.4 Å². The number of aromatic nitrogens is 2. The molecule has 1 heterocycles. The summed E-state index contributed by atoms with van der Waals surface area (Å²) in [7, 11) is 0. The van der Waals surface area contributed by atoms with Gasteiger partial charge in [-0.3, -0.25) is 0 Å². The molecule has 0 unspecified atom stereocenters. The molecule has 82 valence electrons. The third-order valence-corrected chi connectivity index (χ3v) is 2.58. The molecule has 0 spiro atoms. The summed E-state index contributed by atoms with van der Waals surface area (Å²) in [6.45, 7) is 4.08. The molecular formula is C12H12ClN3. The van der Waals surface area contributed by atoms with Crippen LogP contribution in [0.4, 0.5) is 11.5 Å². The molecule has 3 nitrogen and oxygen atoms in total. The normalized spacial score (nSPS) is 10.2. The predicted octanol–water partition coefficient (Wildman–Crippen LogP) is 3.49. The standard InChI is InChI=1S/C12H12ClN3/c1-8-3-4-9(2)10(7-8)16-12-11(13)14-5-6-15-12/h3-7H,1-2H3,(H,15,16). The monoisotopic (exact) mass is 233 g/mol. The number of anilines is 2. The highest BCUT2D eigenvalue weighted by atomic mass is 35.5. The highest BCUT2D eigenvalue weighted by Gasteiger charge is 2.04. The van der Waals surface area contributed by atoms with E-state index in [0.717, 1.165) is 11.3 Å². The first-order chi connectivity index (χ1) is 7.66. The van der Waals surface area contributed by atoms with Crippen LogP contribution in [0.15, 0.2) is 30.6 Å². The van der Waals surface area contributed by atoms with Gasteiger partial charge >= 0.3 is 0 Å². The van der Waals surface area contributed by atoms with Gasteiger partial charge in [0, 0.05) is 18.1 Å². The van der Waals surface area contributed by atoms with Crippen molar-refractivity contribution in [3.8, 4) is 0 Å². The summed E-state index contributed by atoms with van der Waals surface area (Å²) in [5.74, 6) is 0.581. The minimum Gasteiger partial charge on any atom is -0.337 e. The van der Waals surface area contributed by atoms with Gasteiger partial charge in [0.2, 0.25) is 0 Å². The molecule has 0 aliphatic rings. The molecule has 0 saturated carbocycles. The van der Waals surface area contributed by atoms with E-state index in [9.17, 15) is 0 Å². The van der Waals surface area contributed by atoms with E-state index in [1.165, 1.54) is 5.56 Å². The fourth-order valence-corrected chi connectivity index (χ4v) is 1.56. The lowest BCUT2D eigenvalue weighted by atomic mass is 10.1. The molecule has 0 saturated heterocycles. The Bertz CT molecular complexity index is 511. The molecule has 1 aromatic carbocycles. The van der Waals surface area contributed by atoms with Crippen molar-refractivity contribution in [2.24, 2.45) is 0 Å². The molecule has 0 bridgehead atoms. The maximum atomic E-state index is 5.93. The predicted molar refractivity (Wildman–Crippen MR) is 66.2 cm³/mol. The molecule has 2 aromatic rings. The van der Waals surface area contributed by atoms with E-state index in [0.29, 0.717) is 11.0 Å². The number of nitrogens with zero attached hydrogens (tertiary/aromatic N) is 2. The van der Waals surface area contributed by atoms with Gasteiger partial charge in [0.1, 0.15) is 0 Å². The quantitative estimate of drug-likeness (QED) is 0.863. The molecule has 0 radical (unpaired) electrons. The van der Waals surface area contributed by atoms with Gasteiger partial charge in [0.15, 0.2) is 11.0 Å². The number of hydrogen-bond acceptors (Lipinski definition) is 3. The van der Waals surface area contributed by atoms with Crippen molar-refractivity contribution in [2.75, 3.05) is 5.32 Å². The van der Waals surface area contributed by atoms with E-state index in [-0.39, 0.29) is 0 Å². The third kappa shape index (κ3) is 2.31. The Kier molecular flexibility index (Phi) is 3.06. The van der Waals surface area contributed by atoms with Crippen LogP contribution in [0.5, 0.6) is 0 Å². The van der Waals surface area contributed by atoms with Crippen molar-refractivity contribution in [2.45, 2.75) is 13.8 Å². The van der Waals surface area contributed by atoms with Crippen LogP contribution in [0.2, 0.25) is 5.15 Å². The van der Waals surface area contributed by atoms with E-state index in [2.05, 4.69) is 33.5 Å². The van der Waals surface area contributed by atoms with Crippen LogP contribution in [0.25, 0.3) is 0 Å². The minimum atomic E-state index is 0.378. The van der Waals surface area contributed by atoms with Crippen LogP contribution >= 0.6 is 11.6 Å². The van der Waals surface area contributed by atoms with E-state index in [4.69, 9.17) is 11.6 Å². The molecule has 1 aromatic heterocycles. The number of benzene rings is 1. The summed E-state index contributed by atoms with van der Waals surface area (Å²) < 4.78 is 0. The maximum absolute atomic E-state index is 5.93. The van der Waals surface area contributed by atoms with Crippen LogP contribution in [0.3, 0.4) is 0 Å². The molecule has 16 heavy (non-hydrogen) atoms. The largest absolute Gasteiger partial charge is 0.337 e. The highest BCUT2D eigenvalue weighted by molar-refractivity contribution is 6.31. The number of aryl methyl sites for hydroxylation is 2. The van der Waals surface area contributed by atoms with Crippen molar-refractivity contribution in [3.05, 3.63) is 46.9 Å². The van der Waals surface area contributed by atoms with Crippen molar-refractivity contribution in [3.63, 3.8) is 0 Å². The van der Waals surface area contributed by atoms with Crippen LogP contribution in [0, 0.1) is 13.8 Å². The van der Waals surface area contributed by atoms with E-state index >= 15 is 0 Å².